The van der Waals surface area contributed by atoms with E-state index < -0.39 is 22.9 Å². The Morgan fingerprint density at radius 2 is 2.36 bits per heavy atom. The molecular weight excluding hydrogens is 150 g/mol. The molecule has 0 aliphatic heterocycles. The molecule has 0 bridgehead atoms. The number of nitrogens with zero attached hydrogens (tertiary/aromatic N) is 1. The van der Waals surface area contributed by atoms with Gasteiger partial charge in [0.1, 0.15) is 0 Å². The number of aromatic hydroxyl groups is 1. The minimum Gasteiger partial charge on any atom is -0.501 e. The lowest BCUT2D eigenvalue weighted by Gasteiger charge is -1.94. The van der Waals surface area contributed by atoms with Gasteiger partial charge in [-0.25, -0.2) is 4.98 Å². The Morgan fingerprint density at radius 3 is 2.82 bits per heavy atom. The van der Waals surface area contributed by atoms with Gasteiger partial charge in [0, 0.05) is 0 Å². The predicted molar refractivity (Wildman–Crippen MR) is 35.0 cm³/mol. The summed E-state index contributed by atoms with van der Waals surface area (Å²) in [6.07, 6.45) is 0.988. The number of aromatic amines is 1. The zero-order chi connectivity index (χ0) is 8.43. The first-order valence-corrected chi connectivity index (χ1v) is 2.69. The van der Waals surface area contributed by atoms with Crippen LogP contribution in [0.3, 0.4) is 0 Å². The number of hydrogen-bond acceptors (Lipinski definition) is 4. The monoisotopic (exact) mass is 155 g/mol. The molecule has 0 unspecified atom stereocenters. The first kappa shape index (κ1) is 7.26. The maximum Gasteiger partial charge on any atom is 0.293 e. The van der Waals surface area contributed by atoms with E-state index >= 15 is 0 Å². The van der Waals surface area contributed by atoms with Gasteiger partial charge in [0.2, 0.25) is 5.75 Å². The molecule has 58 valence electrons. The molecule has 1 aromatic heterocycles. The molecule has 6 heteroatoms. The van der Waals surface area contributed by atoms with Gasteiger partial charge in [0.05, 0.1) is 6.33 Å². The Kier molecular flexibility index (Phi) is 1.59. The van der Waals surface area contributed by atoms with E-state index in [9.17, 15) is 9.59 Å². The molecule has 0 radical (unpaired) electrons. The van der Waals surface area contributed by atoms with Crippen LogP contribution in [0.25, 0.3) is 0 Å². The highest BCUT2D eigenvalue weighted by atomic mass is 16.3. The van der Waals surface area contributed by atoms with Gasteiger partial charge >= 0.3 is 0 Å². The van der Waals surface area contributed by atoms with Crippen molar-refractivity contribution in [2.24, 2.45) is 5.73 Å². The Hall–Kier alpha value is -1.85. The smallest absolute Gasteiger partial charge is 0.293 e. The molecular formula is C5H5N3O3. The van der Waals surface area contributed by atoms with Gasteiger partial charge in [-0.3, -0.25) is 9.59 Å². The summed E-state index contributed by atoms with van der Waals surface area (Å²) in [4.78, 5) is 26.4. The van der Waals surface area contributed by atoms with E-state index in [-0.39, 0.29) is 0 Å². The van der Waals surface area contributed by atoms with Crippen molar-refractivity contribution in [1.82, 2.24) is 9.97 Å². The molecule has 11 heavy (non-hydrogen) atoms. The van der Waals surface area contributed by atoms with Gasteiger partial charge in [-0.1, -0.05) is 0 Å². The van der Waals surface area contributed by atoms with Crippen molar-refractivity contribution in [2.75, 3.05) is 0 Å². The van der Waals surface area contributed by atoms with Crippen LogP contribution in [0.4, 0.5) is 0 Å². The summed E-state index contributed by atoms with van der Waals surface area (Å²) in [5.74, 6) is -1.69. The molecule has 1 aromatic rings. The SMILES string of the molecule is NC(=O)c1nc[nH]c(=O)c1O. The van der Waals surface area contributed by atoms with Crippen LogP contribution in [0.1, 0.15) is 10.5 Å². The summed E-state index contributed by atoms with van der Waals surface area (Å²) >= 11 is 0. The molecule has 0 aliphatic rings. The number of amides is 1. The summed E-state index contributed by atoms with van der Waals surface area (Å²) in [7, 11) is 0. The van der Waals surface area contributed by atoms with Gasteiger partial charge in [-0.2, -0.15) is 0 Å². The number of rotatable bonds is 1. The summed E-state index contributed by atoms with van der Waals surface area (Å²) < 4.78 is 0. The van der Waals surface area contributed by atoms with Gasteiger partial charge in [-0.05, 0) is 0 Å². The molecule has 0 spiro atoms. The third kappa shape index (κ3) is 1.18. The third-order valence-corrected chi connectivity index (χ3v) is 1.06. The number of H-pyrrole nitrogens is 1. The van der Waals surface area contributed by atoms with Crippen LogP contribution in [0, 0.1) is 0 Å². The summed E-state index contributed by atoms with van der Waals surface area (Å²) in [5, 5.41) is 8.86. The maximum absolute atomic E-state index is 10.6. The van der Waals surface area contributed by atoms with Crippen LogP contribution < -0.4 is 11.3 Å². The van der Waals surface area contributed by atoms with Crippen molar-refractivity contribution in [2.45, 2.75) is 0 Å². The standard InChI is InChI=1S/C5H5N3O3/c6-4(10)2-3(9)5(11)8-1-7-2/h1,9H,(H2,6,10)(H,7,8,11). The molecule has 1 heterocycles. The molecule has 0 atom stereocenters. The highest BCUT2D eigenvalue weighted by molar-refractivity contribution is 5.93. The van der Waals surface area contributed by atoms with E-state index in [2.05, 4.69) is 9.97 Å². The number of carbonyl (C=O) groups is 1. The minimum atomic E-state index is -0.936. The van der Waals surface area contributed by atoms with Crippen LogP contribution in [0.2, 0.25) is 0 Å². The number of hydrogen-bond donors (Lipinski definition) is 3. The zero-order valence-electron chi connectivity index (χ0n) is 5.37. The lowest BCUT2D eigenvalue weighted by atomic mass is 10.3. The number of nitrogens with one attached hydrogen (secondary N) is 1. The number of nitrogens with two attached hydrogens (primary N) is 1. The number of aromatic nitrogens is 2. The Morgan fingerprint density at radius 1 is 1.73 bits per heavy atom. The van der Waals surface area contributed by atoms with Crippen LogP contribution in [0.5, 0.6) is 5.75 Å². The second-order valence-electron chi connectivity index (χ2n) is 1.79. The Labute approximate surface area is 60.7 Å². The fraction of sp³-hybridized carbons (Fsp3) is 0. The van der Waals surface area contributed by atoms with Crippen molar-refractivity contribution in [3.05, 3.63) is 22.4 Å². The zero-order valence-corrected chi connectivity index (χ0v) is 5.37. The molecule has 0 saturated carbocycles. The average Bonchev–Trinajstić information content (AvgIpc) is 1.94. The Balaban J connectivity index is 3.39. The maximum atomic E-state index is 10.6. The van der Waals surface area contributed by atoms with Crippen molar-refractivity contribution in [1.29, 1.82) is 0 Å². The molecule has 6 nitrogen and oxygen atoms in total. The van der Waals surface area contributed by atoms with Crippen molar-refractivity contribution in [3.63, 3.8) is 0 Å². The average molecular weight is 155 g/mol. The molecule has 0 fully saturated rings. The van der Waals surface area contributed by atoms with E-state index in [1.54, 1.807) is 0 Å². The van der Waals surface area contributed by atoms with Gasteiger partial charge in [0.15, 0.2) is 5.69 Å². The van der Waals surface area contributed by atoms with Crippen molar-refractivity contribution in [3.8, 4) is 5.75 Å². The molecule has 0 saturated heterocycles. The van der Waals surface area contributed by atoms with Gasteiger partial charge in [0.25, 0.3) is 11.5 Å². The van der Waals surface area contributed by atoms with Crippen molar-refractivity contribution >= 4 is 5.91 Å². The number of carbonyl (C=O) groups excluding carboxylic acids is 1. The topological polar surface area (TPSA) is 109 Å². The third-order valence-electron chi connectivity index (χ3n) is 1.06. The lowest BCUT2D eigenvalue weighted by Crippen LogP contribution is -2.18. The summed E-state index contributed by atoms with van der Waals surface area (Å²) in [5.41, 5.74) is 3.56. The highest BCUT2D eigenvalue weighted by Gasteiger charge is 2.10. The van der Waals surface area contributed by atoms with Crippen LogP contribution in [-0.4, -0.2) is 21.0 Å². The number of primary amides is 1. The lowest BCUT2D eigenvalue weighted by molar-refractivity contribution is 0.0992. The fourth-order valence-electron chi connectivity index (χ4n) is 0.573. The highest BCUT2D eigenvalue weighted by Crippen LogP contribution is 2.02. The van der Waals surface area contributed by atoms with Crippen LogP contribution in [-0.2, 0) is 0 Å². The molecule has 0 aliphatic carbocycles. The van der Waals surface area contributed by atoms with Crippen LogP contribution >= 0.6 is 0 Å². The second-order valence-corrected chi connectivity index (χ2v) is 1.79. The van der Waals surface area contributed by atoms with E-state index in [1.165, 1.54) is 0 Å². The largest absolute Gasteiger partial charge is 0.501 e. The Bertz CT molecular complexity index is 343. The summed E-state index contributed by atoms with van der Waals surface area (Å²) in [6, 6.07) is 0. The van der Waals surface area contributed by atoms with Gasteiger partial charge in [-0.15, -0.1) is 0 Å². The normalized spacial score (nSPS) is 9.45. The molecule has 4 N–H and O–H groups in total. The fourth-order valence-corrected chi connectivity index (χ4v) is 0.573. The van der Waals surface area contributed by atoms with Crippen LogP contribution in [0.15, 0.2) is 11.1 Å². The minimum absolute atomic E-state index is 0.422. The van der Waals surface area contributed by atoms with Gasteiger partial charge < -0.3 is 15.8 Å². The first-order chi connectivity index (χ1) is 5.13. The second kappa shape index (κ2) is 2.41. The molecule has 1 amide bonds. The first-order valence-electron chi connectivity index (χ1n) is 2.69. The van der Waals surface area contributed by atoms with E-state index in [1.807, 2.05) is 0 Å². The predicted octanol–water partition coefficient (Wildman–Crippen LogP) is -1.43. The quantitative estimate of drug-likeness (QED) is 0.462. The molecule has 1 rings (SSSR count). The van der Waals surface area contributed by atoms with E-state index in [0.29, 0.717) is 0 Å². The van der Waals surface area contributed by atoms with E-state index in [0.717, 1.165) is 6.33 Å². The summed E-state index contributed by atoms with van der Waals surface area (Å²) in [6.45, 7) is 0. The van der Waals surface area contributed by atoms with Crippen molar-refractivity contribution < 1.29 is 9.90 Å². The molecule has 0 aromatic carbocycles. The van der Waals surface area contributed by atoms with E-state index in [4.69, 9.17) is 10.8 Å².